The molecule has 0 radical (unpaired) electrons. The first kappa shape index (κ1) is 17.3. The molecule has 26 heavy (non-hydrogen) atoms. The molecule has 4 heteroatoms. The molecular weight excluding hydrogens is 322 g/mol. The standard InChI is InChI=1S/C22H29N3O/c1-22(2,3)16-10-12-17(13-11-16)25-20-9-5-8-19(18(20)14-23-25)24-21(26)15-6-4-7-15/h10-15,19H,4-9H2,1-3H3,(H,24,26). The molecule has 4 rings (SSSR count). The van der Waals surface area contributed by atoms with E-state index in [2.05, 4.69) is 60.1 Å². The minimum absolute atomic E-state index is 0.120. The van der Waals surface area contributed by atoms with Gasteiger partial charge in [-0.05, 0) is 55.2 Å². The van der Waals surface area contributed by atoms with E-state index in [1.165, 1.54) is 23.2 Å². The third-order valence-electron chi connectivity index (χ3n) is 5.95. The molecule has 1 aromatic heterocycles. The molecule has 1 heterocycles. The molecule has 0 bridgehead atoms. The number of aromatic nitrogens is 2. The molecule has 1 amide bonds. The lowest BCUT2D eigenvalue weighted by atomic mass is 9.84. The van der Waals surface area contributed by atoms with Gasteiger partial charge in [0.05, 0.1) is 17.9 Å². The van der Waals surface area contributed by atoms with Crippen molar-refractivity contribution in [2.24, 2.45) is 5.92 Å². The van der Waals surface area contributed by atoms with Crippen LogP contribution in [0.3, 0.4) is 0 Å². The first-order valence-corrected chi connectivity index (χ1v) is 9.91. The molecule has 1 atom stereocenters. The molecule has 1 aromatic carbocycles. The number of benzene rings is 1. The largest absolute Gasteiger partial charge is 0.349 e. The van der Waals surface area contributed by atoms with E-state index in [9.17, 15) is 4.79 Å². The van der Waals surface area contributed by atoms with Gasteiger partial charge in [-0.1, -0.05) is 39.3 Å². The van der Waals surface area contributed by atoms with Crippen LogP contribution in [0.25, 0.3) is 5.69 Å². The van der Waals surface area contributed by atoms with Gasteiger partial charge in [0.25, 0.3) is 0 Å². The smallest absolute Gasteiger partial charge is 0.223 e. The molecule has 2 aliphatic carbocycles. The number of nitrogens with one attached hydrogen (secondary N) is 1. The summed E-state index contributed by atoms with van der Waals surface area (Å²) < 4.78 is 2.06. The van der Waals surface area contributed by atoms with Crippen LogP contribution in [0, 0.1) is 5.92 Å². The number of fused-ring (bicyclic) bond motifs is 1. The number of nitrogens with zero attached hydrogens (tertiary/aromatic N) is 2. The van der Waals surface area contributed by atoms with E-state index in [0.29, 0.717) is 0 Å². The highest BCUT2D eigenvalue weighted by Gasteiger charge is 2.30. The molecule has 2 aliphatic rings. The van der Waals surface area contributed by atoms with Gasteiger partial charge >= 0.3 is 0 Å². The number of hydrogen-bond acceptors (Lipinski definition) is 2. The minimum Gasteiger partial charge on any atom is -0.349 e. The zero-order valence-corrected chi connectivity index (χ0v) is 16.1. The van der Waals surface area contributed by atoms with Crippen molar-refractivity contribution >= 4 is 5.91 Å². The van der Waals surface area contributed by atoms with Crippen molar-refractivity contribution in [1.29, 1.82) is 0 Å². The second-order valence-corrected chi connectivity index (χ2v) is 8.84. The van der Waals surface area contributed by atoms with Crippen LogP contribution in [-0.4, -0.2) is 15.7 Å². The Bertz CT molecular complexity index is 794. The minimum atomic E-state index is 0.120. The van der Waals surface area contributed by atoms with Gasteiger partial charge in [0.15, 0.2) is 0 Å². The topological polar surface area (TPSA) is 46.9 Å². The monoisotopic (exact) mass is 351 g/mol. The van der Waals surface area contributed by atoms with Crippen LogP contribution in [0.15, 0.2) is 30.5 Å². The van der Waals surface area contributed by atoms with E-state index >= 15 is 0 Å². The maximum atomic E-state index is 12.4. The summed E-state index contributed by atoms with van der Waals surface area (Å²) in [5.74, 6) is 0.469. The summed E-state index contributed by atoms with van der Waals surface area (Å²) in [4.78, 5) is 12.4. The second kappa shape index (κ2) is 6.57. The Morgan fingerprint density at radius 1 is 1.12 bits per heavy atom. The molecule has 0 aliphatic heterocycles. The van der Waals surface area contributed by atoms with E-state index in [0.717, 1.165) is 37.8 Å². The highest BCUT2D eigenvalue weighted by atomic mass is 16.2. The van der Waals surface area contributed by atoms with E-state index in [-0.39, 0.29) is 23.3 Å². The third kappa shape index (κ3) is 3.17. The van der Waals surface area contributed by atoms with Crippen molar-refractivity contribution < 1.29 is 4.79 Å². The predicted octanol–water partition coefficient (Wildman–Crippen LogP) is 4.46. The van der Waals surface area contributed by atoms with Gasteiger partial charge in [-0.2, -0.15) is 5.10 Å². The van der Waals surface area contributed by atoms with Gasteiger partial charge in [-0.25, -0.2) is 4.68 Å². The Hall–Kier alpha value is -2.10. The quantitative estimate of drug-likeness (QED) is 0.887. The number of hydrogen-bond donors (Lipinski definition) is 1. The van der Waals surface area contributed by atoms with Gasteiger partial charge in [-0.15, -0.1) is 0 Å². The lowest BCUT2D eigenvalue weighted by molar-refractivity contribution is -0.128. The molecule has 1 N–H and O–H groups in total. The Morgan fingerprint density at radius 3 is 2.46 bits per heavy atom. The molecular formula is C22H29N3O. The summed E-state index contributed by atoms with van der Waals surface area (Å²) in [6.07, 6.45) is 8.37. The summed E-state index contributed by atoms with van der Waals surface area (Å²) in [6, 6.07) is 8.83. The molecule has 1 saturated carbocycles. The van der Waals surface area contributed by atoms with E-state index < -0.39 is 0 Å². The maximum absolute atomic E-state index is 12.4. The highest BCUT2D eigenvalue weighted by Crippen LogP contribution is 2.33. The fourth-order valence-electron chi connectivity index (χ4n) is 3.99. The molecule has 0 saturated heterocycles. The normalized spacial score (nSPS) is 20.3. The van der Waals surface area contributed by atoms with Crippen molar-refractivity contribution in [2.75, 3.05) is 0 Å². The average molecular weight is 351 g/mol. The number of amides is 1. The molecule has 0 spiro atoms. The van der Waals surface area contributed by atoms with Gasteiger partial charge in [0, 0.05) is 17.2 Å². The van der Waals surface area contributed by atoms with Crippen LogP contribution in [0.5, 0.6) is 0 Å². The lowest BCUT2D eigenvalue weighted by Gasteiger charge is -2.29. The number of carbonyl (C=O) groups is 1. The van der Waals surface area contributed by atoms with Gasteiger partial charge in [0.1, 0.15) is 0 Å². The number of rotatable bonds is 3. The summed E-state index contributed by atoms with van der Waals surface area (Å²) in [5, 5.41) is 7.94. The van der Waals surface area contributed by atoms with Crippen LogP contribution < -0.4 is 5.32 Å². The van der Waals surface area contributed by atoms with Crippen molar-refractivity contribution in [3.63, 3.8) is 0 Å². The Balaban J connectivity index is 1.57. The van der Waals surface area contributed by atoms with Crippen molar-refractivity contribution in [3.8, 4) is 5.69 Å². The SMILES string of the molecule is CC(C)(C)c1ccc(-n2ncc3c2CCCC3NC(=O)C2CCC2)cc1. The molecule has 138 valence electrons. The van der Waals surface area contributed by atoms with E-state index in [1.807, 2.05) is 6.20 Å². The Labute approximate surface area is 156 Å². The van der Waals surface area contributed by atoms with Gasteiger partial charge in [-0.3, -0.25) is 4.79 Å². The van der Waals surface area contributed by atoms with Crippen LogP contribution >= 0.6 is 0 Å². The zero-order chi connectivity index (χ0) is 18.3. The third-order valence-corrected chi connectivity index (χ3v) is 5.95. The van der Waals surface area contributed by atoms with Crippen molar-refractivity contribution in [2.45, 2.75) is 70.8 Å². The van der Waals surface area contributed by atoms with Crippen LogP contribution in [-0.2, 0) is 16.6 Å². The highest BCUT2D eigenvalue weighted by molar-refractivity contribution is 5.79. The van der Waals surface area contributed by atoms with Gasteiger partial charge in [0.2, 0.25) is 5.91 Å². The maximum Gasteiger partial charge on any atom is 0.223 e. The molecule has 2 aromatic rings. The fourth-order valence-corrected chi connectivity index (χ4v) is 3.99. The molecule has 1 unspecified atom stereocenters. The Morgan fingerprint density at radius 2 is 1.85 bits per heavy atom. The summed E-state index contributed by atoms with van der Waals surface area (Å²) in [6.45, 7) is 6.69. The first-order chi connectivity index (χ1) is 12.4. The van der Waals surface area contributed by atoms with Crippen molar-refractivity contribution in [1.82, 2.24) is 15.1 Å². The fraction of sp³-hybridized carbons (Fsp3) is 0.545. The van der Waals surface area contributed by atoms with E-state index in [1.54, 1.807) is 0 Å². The first-order valence-electron chi connectivity index (χ1n) is 9.91. The predicted molar refractivity (Wildman–Crippen MR) is 103 cm³/mol. The Kier molecular flexibility index (Phi) is 4.37. The van der Waals surface area contributed by atoms with Crippen molar-refractivity contribution in [3.05, 3.63) is 47.3 Å². The summed E-state index contributed by atoms with van der Waals surface area (Å²) >= 11 is 0. The van der Waals surface area contributed by atoms with E-state index in [4.69, 9.17) is 0 Å². The zero-order valence-electron chi connectivity index (χ0n) is 16.1. The summed E-state index contributed by atoms with van der Waals surface area (Å²) in [7, 11) is 0. The van der Waals surface area contributed by atoms with Gasteiger partial charge < -0.3 is 5.32 Å². The molecule has 4 nitrogen and oxygen atoms in total. The molecule has 1 fully saturated rings. The van der Waals surface area contributed by atoms with Crippen LogP contribution in [0.4, 0.5) is 0 Å². The van der Waals surface area contributed by atoms with Crippen LogP contribution in [0.1, 0.15) is 75.7 Å². The average Bonchev–Trinajstić information content (AvgIpc) is 2.97. The second-order valence-electron chi connectivity index (χ2n) is 8.84. The lowest BCUT2D eigenvalue weighted by Crippen LogP contribution is -2.38. The summed E-state index contributed by atoms with van der Waals surface area (Å²) in [5.41, 5.74) is 5.03. The van der Waals surface area contributed by atoms with Crippen LogP contribution in [0.2, 0.25) is 0 Å². The number of carbonyl (C=O) groups excluding carboxylic acids is 1.